The average Bonchev–Trinajstić information content (AvgIpc) is 3.10. The summed E-state index contributed by atoms with van der Waals surface area (Å²) in [6.45, 7) is 5.73. The second-order valence-corrected chi connectivity index (χ2v) is 7.01. The Bertz CT molecular complexity index is 1270. The van der Waals surface area contributed by atoms with Crippen LogP contribution in [-0.2, 0) is 24.4 Å². The Morgan fingerprint density at radius 1 is 1.26 bits per heavy atom. The van der Waals surface area contributed by atoms with Crippen molar-refractivity contribution in [2.24, 2.45) is 0 Å². The van der Waals surface area contributed by atoms with E-state index in [1.807, 2.05) is 6.92 Å². The minimum atomic E-state index is -0.873. The van der Waals surface area contributed by atoms with E-state index in [0.29, 0.717) is 18.7 Å². The molecule has 164 valence electrons. The molecule has 3 rings (SSSR count). The zero-order valence-electron chi connectivity index (χ0n) is 17.5. The molecule has 11 nitrogen and oxygen atoms in total. The number of nitro benzene ring substituents is 1. The minimum Gasteiger partial charge on any atom is -0.454 e. The van der Waals surface area contributed by atoms with Gasteiger partial charge in [0.25, 0.3) is 11.2 Å². The number of benzene rings is 1. The molecule has 1 aromatic carbocycles. The summed E-state index contributed by atoms with van der Waals surface area (Å²) in [5.41, 5.74) is -0.836. The van der Waals surface area contributed by atoms with Gasteiger partial charge in [-0.3, -0.25) is 24.5 Å². The molecular weight excluding hydrogens is 406 g/mol. The Hall–Kier alpha value is -3.76. The summed E-state index contributed by atoms with van der Waals surface area (Å²) >= 11 is 0. The molecule has 0 aliphatic rings. The van der Waals surface area contributed by atoms with Gasteiger partial charge in [0.15, 0.2) is 11.2 Å². The van der Waals surface area contributed by atoms with Crippen molar-refractivity contribution in [1.29, 1.82) is 0 Å². The molecule has 0 fully saturated rings. The van der Waals surface area contributed by atoms with Crippen molar-refractivity contribution in [3.8, 4) is 0 Å². The highest BCUT2D eigenvalue weighted by atomic mass is 16.6. The van der Waals surface area contributed by atoms with Crippen LogP contribution >= 0.6 is 0 Å². The maximum Gasteiger partial charge on any atom is 0.345 e. The number of nitrogens with one attached hydrogen (secondary N) is 1. The van der Waals surface area contributed by atoms with E-state index < -0.39 is 22.1 Å². The van der Waals surface area contributed by atoms with Crippen molar-refractivity contribution in [3.63, 3.8) is 0 Å². The van der Waals surface area contributed by atoms with Gasteiger partial charge >= 0.3 is 11.7 Å². The van der Waals surface area contributed by atoms with Gasteiger partial charge in [-0.05, 0) is 26.3 Å². The van der Waals surface area contributed by atoms with Crippen LogP contribution in [0.15, 0.2) is 27.8 Å². The van der Waals surface area contributed by atoms with Gasteiger partial charge in [0.2, 0.25) is 0 Å². The zero-order chi connectivity index (χ0) is 22.7. The van der Waals surface area contributed by atoms with Gasteiger partial charge in [-0.1, -0.05) is 25.5 Å². The maximum atomic E-state index is 12.6. The van der Waals surface area contributed by atoms with Crippen LogP contribution in [0.3, 0.4) is 0 Å². The van der Waals surface area contributed by atoms with Gasteiger partial charge < -0.3 is 9.30 Å². The molecule has 0 saturated carbocycles. The standard InChI is InChI=1S/C20H23N5O6/c1-4-6-10-24-17-16(18(26)22-20(24)28)23(5-2)14(21-17)11-31-19(27)13-9-7-8-12(3)15(13)25(29)30/h7-9H,4-6,10-11H2,1-3H3,(H,22,26,28). The second-order valence-electron chi connectivity index (χ2n) is 7.01. The van der Waals surface area contributed by atoms with E-state index in [0.717, 1.165) is 12.8 Å². The summed E-state index contributed by atoms with van der Waals surface area (Å²) in [7, 11) is 0. The lowest BCUT2D eigenvalue weighted by Crippen LogP contribution is -2.31. The summed E-state index contributed by atoms with van der Waals surface area (Å²) in [6.07, 6.45) is 1.57. The molecule has 0 saturated heterocycles. The zero-order valence-corrected chi connectivity index (χ0v) is 17.5. The number of hydrogen-bond donors (Lipinski definition) is 1. The number of imidazole rings is 1. The molecule has 3 aromatic rings. The normalized spacial score (nSPS) is 11.1. The first kappa shape index (κ1) is 21.9. The van der Waals surface area contributed by atoms with Crippen LogP contribution < -0.4 is 11.2 Å². The molecule has 11 heteroatoms. The summed E-state index contributed by atoms with van der Waals surface area (Å²) in [6, 6.07) is 4.39. The monoisotopic (exact) mass is 429 g/mol. The number of aryl methyl sites for hydroxylation is 3. The minimum absolute atomic E-state index is 0.165. The van der Waals surface area contributed by atoms with E-state index in [4.69, 9.17) is 4.74 Å². The first-order valence-corrected chi connectivity index (χ1v) is 9.93. The largest absolute Gasteiger partial charge is 0.454 e. The van der Waals surface area contributed by atoms with Crippen molar-refractivity contribution in [3.05, 3.63) is 66.1 Å². The predicted molar refractivity (Wildman–Crippen MR) is 112 cm³/mol. The van der Waals surface area contributed by atoms with Crippen molar-refractivity contribution >= 4 is 22.8 Å². The van der Waals surface area contributed by atoms with E-state index >= 15 is 0 Å². The summed E-state index contributed by atoms with van der Waals surface area (Å²) in [5, 5.41) is 11.3. The number of rotatable bonds is 8. The van der Waals surface area contributed by atoms with Crippen molar-refractivity contribution in [2.45, 2.75) is 53.3 Å². The third-order valence-corrected chi connectivity index (χ3v) is 4.99. The predicted octanol–water partition coefficient (Wildman–Crippen LogP) is 2.28. The average molecular weight is 429 g/mol. The number of nitro groups is 1. The third-order valence-electron chi connectivity index (χ3n) is 4.99. The highest BCUT2D eigenvalue weighted by Gasteiger charge is 2.25. The highest BCUT2D eigenvalue weighted by Crippen LogP contribution is 2.24. The summed E-state index contributed by atoms with van der Waals surface area (Å²) in [4.78, 5) is 54.7. The third kappa shape index (κ3) is 4.11. The molecule has 0 aliphatic heterocycles. The summed E-state index contributed by atoms with van der Waals surface area (Å²) < 4.78 is 8.25. The van der Waals surface area contributed by atoms with Gasteiger partial charge in [-0.2, -0.15) is 0 Å². The van der Waals surface area contributed by atoms with Crippen LogP contribution in [0.1, 0.15) is 48.4 Å². The molecule has 2 aromatic heterocycles. The number of para-hydroxylation sites is 1. The summed E-state index contributed by atoms with van der Waals surface area (Å²) in [5.74, 6) is -0.607. The number of fused-ring (bicyclic) bond motifs is 1. The number of esters is 1. The van der Waals surface area contributed by atoms with E-state index in [-0.39, 0.29) is 34.8 Å². The lowest BCUT2D eigenvalue weighted by atomic mass is 10.1. The number of hydrogen-bond acceptors (Lipinski definition) is 7. The number of carbonyl (C=O) groups is 1. The molecule has 0 bridgehead atoms. The quantitative estimate of drug-likeness (QED) is 0.329. The molecule has 31 heavy (non-hydrogen) atoms. The van der Waals surface area contributed by atoms with Gasteiger partial charge in [0, 0.05) is 18.7 Å². The van der Waals surface area contributed by atoms with Crippen LogP contribution in [0.2, 0.25) is 0 Å². The molecule has 0 radical (unpaired) electrons. The number of carbonyl (C=O) groups excluding carboxylic acids is 1. The van der Waals surface area contributed by atoms with E-state index in [9.17, 15) is 24.5 Å². The second kappa shape index (κ2) is 8.94. The van der Waals surface area contributed by atoms with E-state index in [2.05, 4.69) is 9.97 Å². The fourth-order valence-corrected chi connectivity index (χ4v) is 3.47. The van der Waals surface area contributed by atoms with Crippen LogP contribution in [0, 0.1) is 17.0 Å². The van der Waals surface area contributed by atoms with Gasteiger partial charge in [0.1, 0.15) is 18.0 Å². The number of H-pyrrole nitrogens is 1. The number of nitrogens with zero attached hydrogens (tertiary/aromatic N) is 4. The van der Waals surface area contributed by atoms with E-state index in [1.54, 1.807) is 11.5 Å². The van der Waals surface area contributed by atoms with Crippen LogP contribution in [0.5, 0.6) is 0 Å². The van der Waals surface area contributed by atoms with Gasteiger partial charge in [0.05, 0.1) is 4.92 Å². The Morgan fingerprint density at radius 3 is 2.65 bits per heavy atom. The number of aromatic amines is 1. The lowest BCUT2D eigenvalue weighted by Gasteiger charge is -2.08. The highest BCUT2D eigenvalue weighted by molar-refractivity contribution is 5.94. The first-order chi connectivity index (χ1) is 14.8. The number of aromatic nitrogens is 4. The molecule has 0 amide bonds. The fraction of sp³-hybridized carbons (Fsp3) is 0.400. The Morgan fingerprint density at radius 2 is 2.00 bits per heavy atom. The molecule has 1 N–H and O–H groups in total. The fourth-order valence-electron chi connectivity index (χ4n) is 3.47. The molecule has 2 heterocycles. The van der Waals surface area contributed by atoms with Gasteiger partial charge in [-0.25, -0.2) is 14.6 Å². The lowest BCUT2D eigenvalue weighted by molar-refractivity contribution is -0.385. The molecule has 0 unspecified atom stereocenters. The first-order valence-electron chi connectivity index (χ1n) is 9.93. The Kier molecular flexibility index (Phi) is 6.33. The van der Waals surface area contributed by atoms with Crippen LogP contribution in [0.25, 0.3) is 11.2 Å². The molecular formula is C20H23N5O6. The Labute approximate surface area is 176 Å². The van der Waals surface area contributed by atoms with Gasteiger partial charge in [-0.15, -0.1) is 0 Å². The van der Waals surface area contributed by atoms with Crippen molar-refractivity contribution < 1.29 is 14.5 Å². The maximum absolute atomic E-state index is 12.6. The molecule has 0 aliphatic carbocycles. The molecule has 0 atom stereocenters. The van der Waals surface area contributed by atoms with Crippen LogP contribution in [-0.4, -0.2) is 30.0 Å². The topological polar surface area (TPSA) is 142 Å². The molecule has 0 spiro atoms. The number of ether oxygens (including phenoxy) is 1. The SMILES string of the molecule is CCCCn1c(=O)[nH]c(=O)c2c1nc(COC(=O)c1cccc(C)c1[N+](=O)[O-])n2CC. The number of unbranched alkanes of at least 4 members (excludes halogenated alkanes) is 1. The van der Waals surface area contributed by atoms with Crippen molar-refractivity contribution in [1.82, 2.24) is 19.1 Å². The smallest absolute Gasteiger partial charge is 0.345 e. The van der Waals surface area contributed by atoms with Crippen molar-refractivity contribution in [2.75, 3.05) is 0 Å². The van der Waals surface area contributed by atoms with Crippen LogP contribution in [0.4, 0.5) is 5.69 Å². The van der Waals surface area contributed by atoms with E-state index in [1.165, 1.54) is 29.7 Å². The Balaban J connectivity index is 1.99.